The van der Waals surface area contributed by atoms with Gasteiger partial charge in [-0.2, -0.15) is 0 Å². The molecule has 68 valence electrons. The van der Waals surface area contributed by atoms with Crippen LogP contribution < -0.4 is 11.1 Å². The summed E-state index contributed by atoms with van der Waals surface area (Å²) in [7, 11) is 0. The van der Waals surface area contributed by atoms with E-state index in [4.69, 9.17) is 11.1 Å². The lowest BCUT2D eigenvalue weighted by Crippen LogP contribution is -2.12. The molecule has 0 aliphatic heterocycles. The molecule has 0 aliphatic rings. The zero-order valence-corrected chi connectivity index (χ0v) is 7.60. The number of nitrogens with two attached hydrogens (primary N) is 1. The van der Waals surface area contributed by atoms with E-state index in [1.807, 2.05) is 18.2 Å². The average Bonchev–Trinajstić information content (AvgIpc) is 2.04. The van der Waals surface area contributed by atoms with Crippen molar-refractivity contribution in [3.8, 4) is 0 Å². The van der Waals surface area contributed by atoms with Crippen LogP contribution in [0.1, 0.15) is 0 Å². The van der Waals surface area contributed by atoms with E-state index in [0.29, 0.717) is 17.4 Å². The third-order valence-electron chi connectivity index (χ3n) is 1.22. The average molecular weight is 195 g/mol. The maximum Gasteiger partial charge on any atom is 0.291 e. The lowest BCUT2D eigenvalue weighted by molar-refractivity contribution is 0.270. The molecule has 4 nitrogen and oxygen atoms in total. The number of carbonyl (C=O) groups excluding carboxylic acids is 1. The Morgan fingerprint density at radius 1 is 1.38 bits per heavy atom. The zero-order chi connectivity index (χ0) is 9.68. The zero-order valence-electron chi connectivity index (χ0n) is 6.78. The van der Waals surface area contributed by atoms with Crippen molar-refractivity contribution < 1.29 is 4.79 Å². The number of carbonyl (C=O) groups is 1. The minimum Gasteiger partial charge on any atom is -0.378 e. The molecule has 1 rings (SSSR count). The summed E-state index contributed by atoms with van der Waals surface area (Å²) < 4.78 is 0. The number of nitrogens with one attached hydrogen (secondary N) is 2. The van der Waals surface area contributed by atoms with Gasteiger partial charge in [-0.25, -0.2) is 0 Å². The number of para-hydroxylation sites is 1. The van der Waals surface area contributed by atoms with Gasteiger partial charge in [0.15, 0.2) is 5.17 Å². The Morgan fingerprint density at radius 2 is 2.00 bits per heavy atom. The van der Waals surface area contributed by atoms with Crippen LogP contribution in [0.25, 0.3) is 0 Å². The van der Waals surface area contributed by atoms with Crippen LogP contribution in [0.15, 0.2) is 30.3 Å². The van der Waals surface area contributed by atoms with Crippen LogP contribution in [0.5, 0.6) is 0 Å². The highest BCUT2D eigenvalue weighted by atomic mass is 32.2. The maximum atomic E-state index is 11.1. The van der Waals surface area contributed by atoms with Gasteiger partial charge < -0.3 is 11.1 Å². The fraction of sp³-hybridized carbons (Fsp3) is 0. The predicted molar refractivity (Wildman–Crippen MR) is 55.0 cm³/mol. The first-order valence-corrected chi connectivity index (χ1v) is 4.38. The SMILES string of the molecule is N=C(N)SC(=O)Nc1ccccc1. The first kappa shape index (κ1) is 9.60. The molecule has 0 saturated heterocycles. The Hall–Kier alpha value is -1.49. The third-order valence-corrected chi connectivity index (χ3v) is 1.73. The standard InChI is InChI=1S/C8H9N3OS/c9-7(10)13-8(12)11-6-4-2-1-3-5-6/h1-5H,(H3,9,10)(H,11,12). The Morgan fingerprint density at radius 3 is 2.54 bits per heavy atom. The van der Waals surface area contributed by atoms with E-state index in [1.54, 1.807) is 12.1 Å². The Bertz CT molecular complexity index is 312. The van der Waals surface area contributed by atoms with E-state index in [0.717, 1.165) is 0 Å². The smallest absolute Gasteiger partial charge is 0.291 e. The van der Waals surface area contributed by atoms with Gasteiger partial charge in [0.05, 0.1) is 0 Å². The van der Waals surface area contributed by atoms with Crippen molar-refractivity contribution in [1.82, 2.24) is 0 Å². The molecule has 0 aromatic heterocycles. The molecule has 1 aromatic rings. The van der Waals surface area contributed by atoms with E-state index in [9.17, 15) is 4.79 Å². The molecule has 13 heavy (non-hydrogen) atoms. The molecule has 0 unspecified atom stereocenters. The normalized spacial score (nSPS) is 9.23. The summed E-state index contributed by atoms with van der Waals surface area (Å²) in [5.74, 6) is 0. The highest BCUT2D eigenvalue weighted by Crippen LogP contribution is 2.09. The summed E-state index contributed by atoms with van der Waals surface area (Å²) in [6, 6.07) is 9.01. The van der Waals surface area contributed by atoms with Gasteiger partial charge in [0.2, 0.25) is 0 Å². The molecule has 0 radical (unpaired) electrons. The molecule has 0 bridgehead atoms. The first-order valence-electron chi connectivity index (χ1n) is 3.56. The van der Waals surface area contributed by atoms with Crippen LogP contribution in [0.4, 0.5) is 10.5 Å². The molecule has 5 heteroatoms. The van der Waals surface area contributed by atoms with E-state index in [1.165, 1.54) is 0 Å². The second-order valence-corrected chi connectivity index (χ2v) is 3.26. The Labute approximate surface area is 80.0 Å². The van der Waals surface area contributed by atoms with Crippen molar-refractivity contribution >= 4 is 27.9 Å². The lowest BCUT2D eigenvalue weighted by atomic mass is 10.3. The summed E-state index contributed by atoms with van der Waals surface area (Å²) >= 11 is 0.660. The van der Waals surface area contributed by atoms with E-state index < -0.39 is 0 Å². The summed E-state index contributed by atoms with van der Waals surface area (Å²) in [5, 5.41) is 8.88. The number of amides is 1. The van der Waals surface area contributed by atoms with Crippen LogP contribution in [-0.4, -0.2) is 10.4 Å². The van der Waals surface area contributed by atoms with Crippen molar-refractivity contribution in [1.29, 1.82) is 5.41 Å². The van der Waals surface area contributed by atoms with Gasteiger partial charge in [-0.1, -0.05) is 18.2 Å². The van der Waals surface area contributed by atoms with Crippen molar-refractivity contribution in [2.75, 3.05) is 5.32 Å². The molecule has 4 N–H and O–H groups in total. The molecule has 0 atom stereocenters. The quantitative estimate of drug-likeness (QED) is 0.472. The number of thioether (sulfide) groups is 1. The molecule has 0 aliphatic carbocycles. The minimum atomic E-state index is -0.348. The number of hydrogen-bond acceptors (Lipinski definition) is 3. The van der Waals surface area contributed by atoms with E-state index in [-0.39, 0.29) is 10.4 Å². The number of hydrogen-bond donors (Lipinski definition) is 3. The van der Waals surface area contributed by atoms with Crippen molar-refractivity contribution in [2.24, 2.45) is 5.73 Å². The molecule has 0 saturated carbocycles. The summed E-state index contributed by atoms with van der Waals surface area (Å²) in [6.45, 7) is 0. The van der Waals surface area contributed by atoms with Crippen molar-refractivity contribution in [3.05, 3.63) is 30.3 Å². The Kier molecular flexibility index (Phi) is 3.33. The summed E-state index contributed by atoms with van der Waals surface area (Å²) in [4.78, 5) is 11.1. The topological polar surface area (TPSA) is 79.0 Å². The minimum absolute atomic E-state index is 0.214. The van der Waals surface area contributed by atoms with Crippen molar-refractivity contribution in [2.45, 2.75) is 0 Å². The monoisotopic (exact) mass is 195 g/mol. The van der Waals surface area contributed by atoms with Gasteiger partial charge in [-0.3, -0.25) is 10.2 Å². The second kappa shape index (κ2) is 4.51. The molecule has 1 amide bonds. The molecule has 0 fully saturated rings. The predicted octanol–water partition coefficient (Wildman–Crippen LogP) is 1.85. The molecule has 1 aromatic carbocycles. The Balaban J connectivity index is 2.50. The van der Waals surface area contributed by atoms with Crippen LogP contribution in [0, 0.1) is 5.41 Å². The van der Waals surface area contributed by atoms with Gasteiger partial charge in [0, 0.05) is 17.4 Å². The fourth-order valence-electron chi connectivity index (χ4n) is 0.765. The van der Waals surface area contributed by atoms with Gasteiger partial charge >= 0.3 is 0 Å². The fourth-order valence-corrected chi connectivity index (χ4v) is 1.13. The number of rotatable bonds is 1. The summed E-state index contributed by atoms with van der Waals surface area (Å²) in [6.07, 6.45) is 0. The van der Waals surface area contributed by atoms with E-state index >= 15 is 0 Å². The summed E-state index contributed by atoms with van der Waals surface area (Å²) in [5.41, 5.74) is 5.73. The van der Waals surface area contributed by atoms with Gasteiger partial charge in [0.1, 0.15) is 0 Å². The number of amidine groups is 1. The first-order chi connectivity index (χ1) is 6.18. The largest absolute Gasteiger partial charge is 0.378 e. The molecular weight excluding hydrogens is 186 g/mol. The third kappa shape index (κ3) is 3.62. The lowest BCUT2D eigenvalue weighted by Gasteiger charge is -2.01. The van der Waals surface area contributed by atoms with Crippen LogP contribution in [-0.2, 0) is 0 Å². The van der Waals surface area contributed by atoms with Crippen LogP contribution in [0.2, 0.25) is 0 Å². The van der Waals surface area contributed by atoms with Gasteiger partial charge in [-0.05, 0) is 12.1 Å². The maximum absolute atomic E-state index is 11.1. The second-order valence-electron chi connectivity index (χ2n) is 2.24. The highest BCUT2D eigenvalue weighted by molar-refractivity contribution is 8.26. The van der Waals surface area contributed by atoms with Crippen molar-refractivity contribution in [3.63, 3.8) is 0 Å². The highest BCUT2D eigenvalue weighted by Gasteiger charge is 2.03. The van der Waals surface area contributed by atoms with Gasteiger partial charge in [-0.15, -0.1) is 0 Å². The van der Waals surface area contributed by atoms with Crippen LogP contribution in [0.3, 0.4) is 0 Å². The van der Waals surface area contributed by atoms with E-state index in [2.05, 4.69) is 5.32 Å². The van der Waals surface area contributed by atoms with Crippen LogP contribution >= 0.6 is 11.8 Å². The van der Waals surface area contributed by atoms with Gasteiger partial charge in [0.25, 0.3) is 5.24 Å². The number of anilines is 1. The number of benzene rings is 1. The molecular formula is C8H9N3OS. The molecule has 0 spiro atoms. The molecule has 0 heterocycles.